The molecule has 1 saturated heterocycles. The number of likely N-dealkylation sites (N-methyl/N-ethyl adjacent to an activating group) is 1. The maximum absolute atomic E-state index is 12.3. The Morgan fingerprint density at radius 2 is 2.32 bits per heavy atom. The fourth-order valence-corrected chi connectivity index (χ4v) is 2.59. The van der Waals surface area contributed by atoms with E-state index >= 15 is 0 Å². The number of carbonyl (C=O) groups excluding carboxylic acids is 1. The molecule has 2 heterocycles. The largest absolute Gasteiger partial charge is 0.340 e. The van der Waals surface area contributed by atoms with Gasteiger partial charge in [-0.2, -0.15) is 5.10 Å². The lowest BCUT2D eigenvalue weighted by Gasteiger charge is -2.28. The van der Waals surface area contributed by atoms with Crippen molar-refractivity contribution in [2.24, 2.45) is 0 Å². The highest BCUT2D eigenvalue weighted by atomic mass is 35.5. The van der Waals surface area contributed by atoms with Gasteiger partial charge in [-0.25, -0.2) is 0 Å². The molecule has 0 radical (unpaired) electrons. The van der Waals surface area contributed by atoms with Crippen LogP contribution in [0.2, 0.25) is 5.02 Å². The number of amides is 1. The first-order chi connectivity index (χ1) is 9.06. The second-order valence-corrected chi connectivity index (χ2v) is 5.75. The van der Waals surface area contributed by atoms with Crippen LogP contribution < -0.4 is 0 Å². The summed E-state index contributed by atoms with van der Waals surface area (Å²) in [5.41, 5.74) is 0. The van der Waals surface area contributed by atoms with E-state index in [4.69, 9.17) is 11.6 Å². The zero-order valence-corrected chi connectivity index (χ0v) is 12.3. The van der Waals surface area contributed by atoms with Crippen LogP contribution in [0.25, 0.3) is 0 Å². The second-order valence-electron chi connectivity index (χ2n) is 5.31. The molecule has 106 valence electrons. The SMILES string of the molecule is CN(C)C1CCCCN(C(=O)Cn2cc(Cl)cn2)C1. The Morgan fingerprint density at radius 1 is 1.53 bits per heavy atom. The summed E-state index contributed by atoms with van der Waals surface area (Å²) in [5.74, 6) is 0.119. The number of carbonyl (C=O) groups is 1. The second kappa shape index (κ2) is 6.39. The van der Waals surface area contributed by atoms with E-state index in [-0.39, 0.29) is 12.5 Å². The molecule has 1 atom stereocenters. The summed E-state index contributed by atoms with van der Waals surface area (Å²) in [7, 11) is 4.15. The molecule has 6 heteroatoms. The van der Waals surface area contributed by atoms with Crippen molar-refractivity contribution in [2.75, 3.05) is 27.2 Å². The van der Waals surface area contributed by atoms with E-state index in [1.165, 1.54) is 6.42 Å². The minimum absolute atomic E-state index is 0.119. The average Bonchev–Trinajstić information content (AvgIpc) is 2.65. The van der Waals surface area contributed by atoms with Gasteiger partial charge in [0.15, 0.2) is 0 Å². The van der Waals surface area contributed by atoms with Crippen LogP contribution in [0, 0.1) is 0 Å². The molecule has 2 rings (SSSR count). The number of nitrogens with zero attached hydrogens (tertiary/aromatic N) is 4. The van der Waals surface area contributed by atoms with Gasteiger partial charge in [0.25, 0.3) is 0 Å². The Morgan fingerprint density at radius 3 is 2.95 bits per heavy atom. The number of hydrogen-bond donors (Lipinski definition) is 0. The van der Waals surface area contributed by atoms with E-state index < -0.39 is 0 Å². The molecule has 1 aliphatic rings. The van der Waals surface area contributed by atoms with Crippen molar-refractivity contribution >= 4 is 17.5 Å². The summed E-state index contributed by atoms with van der Waals surface area (Å²) in [4.78, 5) is 16.5. The maximum Gasteiger partial charge on any atom is 0.244 e. The molecule has 1 unspecified atom stereocenters. The molecule has 0 bridgehead atoms. The van der Waals surface area contributed by atoms with E-state index in [1.54, 1.807) is 17.1 Å². The van der Waals surface area contributed by atoms with Gasteiger partial charge in [-0.3, -0.25) is 9.48 Å². The molecule has 1 amide bonds. The molecule has 1 fully saturated rings. The highest BCUT2D eigenvalue weighted by molar-refractivity contribution is 6.30. The first-order valence-electron chi connectivity index (χ1n) is 6.68. The first kappa shape index (κ1) is 14.3. The Bertz CT molecular complexity index is 432. The van der Waals surface area contributed by atoms with Crippen LogP contribution in [0.1, 0.15) is 19.3 Å². The van der Waals surface area contributed by atoms with Crippen molar-refractivity contribution in [3.63, 3.8) is 0 Å². The average molecular weight is 285 g/mol. The zero-order valence-electron chi connectivity index (χ0n) is 11.5. The van der Waals surface area contributed by atoms with Crippen molar-refractivity contribution in [1.29, 1.82) is 0 Å². The lowest BCUT2D eigenvalue weighted by atomic mass is 10.1. The Kier molecular flexibility index (Phi) is 4.82. The standard InChI is InChI=1S/C13H21ClN4O/c1-16(2)12-5-3-4-6-17(9-12)13(19)10-18-8-11(14)7-15-18/h7-8,12H,3-6,9-10H2,1-2H3. The van der Waals surface area contributed by atoms with Crippen LogP contribution >= 0.6 is 11.6 Å². The fourth-order valence-electron chi connectivity index (χ4n) is 2.43. The Labute approximate surface area is 119 Å². The molecule has 19 heavy (non-hydrogen) atoms. The van der Waals surface area contributed by atoms with Crippen LogP contribution in [0.4, 0.5) is 0 Å². The molecule has 0 aromatic carbocycles. The van der Waals surface area contributed by atoms with Gasteiger partial charge in [-0.15, -0.1) is 0 Å². The van der Waals surface area contributed by atoms with Gasteiger partial charge in [0, 0.05) is 25.3 Å². The number of likely N-dealkylation sites (tertiary alicyclic amines) is 1. The summed E-state index contributed by atoms with van der Waals surface area (Å²) in [6.07, 6.45) is 6.65. The van der Waals surface area contributed by atoms with Crippen LogP contribution in [0.5, 0.6) is 0 Å². The van der Waals surface area contributed by atoms with E-state index in [0.717, 1.165) is 25.9 Å². The highest BCUT2D eigenvalue weighted by Crippen LogP contribution is 2.14. The fraction of sp³-hybridized carbons (Fsp3) is 0.692. The smallest absolute Gasteiger partial charge is 0.244 e. The van der Waals surface area contributed by atoms with E-state index in [0.29, 0.717) is 11.1 Å². The first-order valence-corrected chi connectivity index (χ1v) is 7.06. The summed E-state index contributed by atoms with van der Waals surface area (Å²) in [6, 6.07) is 0.452. The molecule has 0 saturated carbocycles. The predicted octanol–water partition coefficient (Wildman–Crippen LogP) is 1.48. The van der Waals surface area contributed by atoms with E-state index in [2.05, 4.69) is 24.1 Å². The van der Waals surface area contributed by atoms with E-state index in [9.17, 15) is 4.79 Å². The number of rotatable bonds is 3. The minimum Gasteiger partial charge on any atom is -0.340 e. The quantitative estimate of drug-likeness (QED) is 0.844. The molecule has 0 spiro atoms. The molecule has 0 aliphatic carbocycles. The van der Waals surface area contributed by atoms with Crippen molar-refractivity contribution in [3.05, 3.63) is 17.4 Å². The number of aromatic nitrogens is 2. The molecule has 0 N–H and O–H groups in total. The van der Waals surface area contributed by atoms with Crippen molar-refractivity contribution in [1.82, 2.24) is 19.6 Å². The highest BCUT2D eigenvalue weighted by Gasteiger charge is 2.23. The molecule has 5 nitrogen and oxygen atoms in total. The maximum atomic E-state index is 12.3. The molecular formula is C13H21ClN4O. The van der Waals surface area contributed by atoms with Gasteiger partial charge in [-0.1, -0.05) is 18.0 Å². The molecule has 1 aromatic rings. The van der Waals surface area contributed by atoms with Crippen LogP contribution in [-0.2, 0) is 11.3 Å². The van der Waals surface area contributed by atoms with Gasteiger partial charge in [0.2, 0.25) is 5.91 Å². The van der Waals surface area contributed by atoms with Gasteiger partial charge in [0.05, 0.1) is 11.2 Å². The Hall–Kier alpha value is -1.07. The summed E-state index contributed by atoms with van der Waals surface area (Å²) >= 11 is 5.81. The van der Waals surface area contributed by atoms with Crippen molar-refractivity contribution in [3.8, 4) is 0 Å². The normalized spacial score (nSPS) is 20.6. The third kappa shape index (κ3) is 3.94. The van der Waals surface area contributed by atoms with Crippen LogP contribution in [0.15, 0.2) is 12.4 Å². The summed E-state index contributed by atoms with van der Waals surface area (Å²) in [6.45, 7) is 1.92. The van der Waals surface area contributed by atoms with Crippen LogP contribution in [-0.4, -0.2) is 58.7 Å². The number of halogens is 1. The van der Waals surface area contributed by atoms with E-state index in [1.807, 2.05) is 4.90 Å². The lowest BCUT2D eigenvalue weighted by molar-refractivity contribution is -0.132. The van der Waals surface area contributed by atoms with Gasteiger partial charge in [0.1, 0.15) is 6.54 Å². The van der Waals surface area contributed by atoms with Crippen LogP contribution in [0.3, 0.4) is 0 Å². The predicted molar refractivity (Wildman–Crippen MR) is 75.1 cm³/mol. The van der Waals surface area contributed by atoms with Crippen molar-refractivity contribution < 1.29 is 4.79 Å². The van der Waals surface area contributed by atoms with Gasteiger partial charge >= 0.3 is 0 Å². The third-order valence-corrected chi connectivity index (χ3v) is 3.82. The lowest BCUT2D eigenvalue weighted by Crippen LogP contribution is -2.43. The molecule has 1 aromatic heterocycles. The third-order valence-electron chi connectivity index (χ3n) is 3.63. The topological polar surface area (TPSA) is 41.4 Å². The van der Waals surface area contributed by atoms with Crippen molar-refractivity contribution in [2.45, 2.75) is 31.8 Å². The van der Waals surface area contributed by atoms with Gasteiger partial charge < -0.3 is 9.80 Å². The minimum atomic E-state index is 0.119. The number of hydrogen-bond acceptors (Lipinski definition) is 3. The zero-order chi connectivity index (χ0) is 13.8. The summed E-state index contributed by atoms with van der Waals surface area (Å²) < 4.78 is 1.60. The van der Waals surface area contributed by atoms with Gasteiger partial charge in [-0.05, 0) is 26.9 Å². The Balaban J connectivity index is 1.97. The monoisotopic (exact) mass is 284 g/mol. The summed E-state index contributed by atoms with van der Waals surface area (Å²) in [5, 5.41) is 4.62. The molecule has 1 aliphatic heterocycles. The molecular weight excluding hydrogens is 264 g/mol.